The van der Waals surface area contributed by atoms with E-state index in [1.165, 1.54) is 0 Å². The molecule has 2 amide bonds. The second-order valence-electron chi connectivity index (χ2n) is 9.36. The molecule has 244 valence electrons. The van der Waals surface area contributed by atoms with Crippen LogP contribution in [-0.4, -0.2) is 67.0 Å². The number of hydrogen-bond acceptors (Lipinski definition) is 14. The number of phosphoric ester groups is 1. The number of ether oxygens (including phenoxy) is 4. The lowest BCUT2D eigenvalue weighted by Gasteiger charge is -2.20. The van der Waals surface area contributed by atoms with Crippen molar-refractivity contribution in [2.75, 3.05) is 19.8 Å². The topological polar surface area (TPSA) is 263 Å². The number of carbonyl (C=O) groups is 4. The largest absolute Gasteiger partial charge is 0.472 e. The molecular weight excluding hydrogens is 617 g/mol. The lowest BCUT2D eigenvalue weighted by atomic mass is 10.2. The fourth-order valence-electron chi connectivity index (χ4n) is 3.70. The molecule has 1 saturated heterocycles. The van der Waals surface area contributed by atoms with Crippen molar-refractivity contribution in [3.8, 4) is 0 Å². The maximum atomic E-state index is 12.4. The van der Waals surface area contributed by atoms with Crippen molar-refractivity contribution >= 4 is 31.8 Å². The summed E-state index contributed by atoms with van der Waals surface area (Å²) >= 11 is 0. The first kappa shape index (κ1) is 34.8. The number of hydrogen-bond donors (Lipinski definition) is 6. The molecule has 0 saturated carbocycles. The number of amides is 2. The van der Waals surface area contributed by atoms with Gasteiger partial charge in [-0.1, -0.05) is 60.7 Å². The zero-order valence-corrected chi connectivity index (χ0v) is 24.8. The van der Waals surface area contributed by atoms with E-state index in [0.717, 1.165) is 5.56 Å². The third-order valence-electron chi connectivity index (χ3n) is 5.94. The van der Waals surface area contributed by atoms with Crippen LogP contribution < -0.4 is 27.8 Å². The molecule has 18 heteroatoms. The third kappa shape index (κ3) is 12.5. The SMILES string of the molecule is NC(=O)/C(N)=C(\N)N[C@H]1C[C@@H](OC(=O)NCC(=O)OCc2ccccc2)[C@@H](COP(=O)(O)OCC(=O)OCc2ccccc2)O1. The number of rotatable bonds is 16. The van der Waals surface area contributed by atoms with E-state index in [0.29, 0.717) is 5.56 Å². The number of primary amides is 1. The summed E-state index contributed by atoms with van der Waals surface area (Å²) in [7, 11) is -4.82. The summed E-state index contributed by atoms with van der Waals surface area (Å²) in [4.78, 5) is 57.8. The van der Waals surface area contributed by atoms with Gasteiger partial charge in [0.2, 0.25) is 0 Å². The van der Waals surface area contributed by atoms with E-state index in [4.69, 9.17) is 45.2 Å². The zero-order chi connectivity index (χ0) is 32.8. The average Bonchev–Trinajstić information content (AvgIpc) is 3.40. The van der Waals surface area contributed by atoms with Crippen molar-refractivity contribution in [2.24, 2.45) is 17.2 Å². The van der Waals surface area contributed by atoms with E-state index in [1.807, 2.05) is 6.07 Å². The van der Waals surface area contributed by atoms with E-state index in [9.17, 15) is 28.6 Å². The van der Waals surface area contributed by atoms with Gasteiger partial charge in [-0.05, 0) is 11.1 Å². The fraction of sp³-hybridized carbons (Fsp3) is 0.333. The summed E-state index contributed by atoms with van der Waals surface area (Å²) in [5.41, 5.74) is 17.3. The minimum Gasteiger partial charge on any atom is -0.460 e. The first-order chi connectivity index (χ1) is 21.4. The molecule has 1 fully saturated rings. The Kier molecular flexibility index (Phi) is 13.1. The number of phosphoric acid groups is 1. The van der Waals surface area contributed by atoms with Crippen molar-refractivity contribution in [1.82, 2.24) is 10.6 Å². The number of benzene rings is 2. The van der Waals surface area contributed by atoms with Crippen molar-refractivity contribution in [2.45, 2.75) is 38.1 Å². The standard InChI is InChI=1S/C27H34N5O12P/c28-24(26(30)35)25(29)32-21-11-19(44-27(36)31-12-22(33)39-13-17-7-3-1-4-8-17)20(43-21)15-41-45(37,38)42-16-23(34)40-14-18-9-5-2-6-10-18/h1-10,19-21,32H,11-16,28-29H2,(H2,30,35)(H,31,36)(H,37,38)/b25-24-/t19-,20-,21-/m1/s1. The van der Waals surface area contributed by atoms with Crippen LogP contribution in [-0.2, 0) is 60.2 Å². The van der Waals surface area contributed by atoms with Crippen molar-refractivity contribution in [1.29, 1.82) is 0 Å². The van der Waals surface area contributed by atoms with Gasteiger partial charge >= 0.3 is 25.9 Å². The van der Waals surface area contributed by atoms with E-state index in [1.54, 1.807) is 54.6 Å². The van der Waals surface area contributed by atoms with Gasteiger partial charge in [-0.25, -0.2) is 14.2 Å². The van der Waals surface area contributed by atoms with Crippen molar-refractivity contribution in [3.05, 3.63) is 83.3 Å². The number of alkyl carbamates (subject to hydrolysis) is 1. The van der Waals surface area contributed by atoms with Gasteiger partial charge < -0.3 is 51.7 Å². The smallest absolute Gasteiger partial charge is 0.460 e. The molecular formula is C27H34N5O12P. The number of carbonyl (C=O) groups excluding carboxylic acids is 4. The molecule has 2 aromatic carbocycles. The van der Waals surface area contributed by atoms with Gasteiger partial charge in [-0.2, -0.15) is 0 Å². The second kappa shape index (κ2) is 17.0. The van der Waals surface area contributed by atoms with Crippen LogP contribution in [0.25, 0.3) is 0 Å². The van der Waals surface area contributed by atoms with E-state index in [-0.39, 0.29) is 25.5 Å². The van der Waals surface area contributed by atoms with Crippen LogP contribution in [0.1, 0.15) is 17.5 Å². The zero-order valence-electron chi connectivity index (χ0n) is 23.9. The van der Waals surface area contributed by atoms with Crippen LogP contribution in [0.5, 0.6) is 0 Å². The lowest BCUT2D eigenvalue weighted by Crippen LogP contribution is -2.37. The number of nitrogens with one attached hydrogen (secondary N) is 2. The molecule has 1 heterocycles. The monoisotopic (exact) mass is 651 g/mol. The van der Waals surface area contributed by atoms with Crippen LogP contribution in [0.4, 0.5) is 4.79 Å². The Labute approximate surface area is 257 Å². The third-order valence-corrected chi connectivity index (χ3v) is 6.87. The summed E-state index contributed by atoms with van der Waals surface area (Å²) in [6, 6.07) is 17.6. The summed E-state index contributed by atoms with van der Waals surface area (Å²) in [6.07, 6.45) is -4.53. The highest BCUT2D eigenvalue weighted by molar-refractivity contribution is 7.47. The van der Waals surface area contributed by atoms with Crippen LogP contribution in [0.3, 0.4) is 0 Å². The van der Waals surface area contributed by atoms with E-state index < -0.39 is 75.7 Å². The minimum atomic E-state index is -4.82. The molecule has 45 heavy (non-hydrogen) atoms. The predicted octanol–water partition coefficient (Wildman–Crippen LogP) is -0.0220. The van der Waals surface area contributed by atoms with Crippen molar-refractivity contribution in [3.63, 3.8) is 0 Å². The molecule has 0 bridgehead atoms. The molecule has 0 radical (unpaired) electrons. The quantitative estimate of drug-likeness (QED) is 0.0603. The molecule has 1 unspecified atom stereocenters. The van der Waals surface area contributed by atoms with Gasteiger partial charge in [0.25, 0.3) is 5.91 Å². The Morgan fingerprint density at radius 2 is 1.47 bits per heavy atom. The summed E-state index contributed by atoms with van der Waals surface area (Å²) < 4.78 is 43.1. The summed E-state index contributed by atoms with van der Waals surface area (Å²) in [6.45, 7) is -2.17. The van der Waals surface area contributed by atoms with Crippen LogP contribution in [0.2, 0.25) is 0 Å². The van der Waals surface area contributed by atoms with Crippen molar-refractivity contribution < 1.29 is 56.6 Å². The summed E-state index contributed by atoms with van der Waals surface area (Å²) in [5.74, 6) is -3.00. The minimum absolute atomic E-state index is 0.00294. The van der Waals surface area contributed by atoms with Crippen LogP contribution in [0, 0.1) is 0 Å². The first-order valence-electron chi connectivity index (χ1n) is 13.3. The predicted molar refractivity (Wildman–Crippen MR) is 153 cm³/mol. The Hall–Kier alpha value is -4.67. The Morgan fingerprint density at radius 3 is 2.04 bits per heavy atom. The molecule has 4 atom stereocenters. The molecule has 17 nitrogen and oxygen atoms in total. The van der Waals surface area contributed by atoms with Crippen LogP contribution >= 0.6 is 7.82 Å². The Balaban J connectivity index is 1.52. The molecule has 9 N–H and O–H groups in total. The molecule has 0 aliphatic carbocycles. The lowest BCUT2D eigenvalue weighted by molar-refractivity contribution is -0.148. The van der Waals surface area contributed by atoms with Gasteiger partial charge in [-0.3, -0.25) is 18.6 Å². The summed E-state index contributed by atoms with van der Waals surface area (Å²) in [5, 5.41) is 4.82. The Bertz CT molecular complexity index is 1400. The fourth-order valence-corrected chi connectivity index (χ4v) is 4.37. The van der Waals surface area contributed by atoms with E-state index in [2.05, 4.69) is 10.6 Å². The van der Waals surface area contributed by atoms with Gasteiger partial charge in [0.1, 0.15) is 49.7 Å². The maximum Gasteiger partial charge on any atom is 0.472 e. The number of esters is 2. The van der Waals surface area contributed by atoms with Gasteiger partial charge in [0, 0.05) is 6.42 Å². The maximum absolute atomic E-state index is 12.4. The second-order valence-corrected chi connectivity index (χ2v) is 10.8. The highest BCUT2D eigenvalue weighted by atomic mass is 31.2. The molecule has 0 spiro atoms. The molecule has 3 rings (SSSR count). The normalized spacial score (nSPS) is 19.4. The molecule has 0 aromatic heterocycles. The highest BCUT2D eigenvalue weighted by Crippen LogP contribution is 2.44. The molecule has 2 aromatic rings. The van der Waals surface area contributed by atoms with Gasteiger partial charge in [-0.15, -0.1) is 0 Å². The average molecular weight is 652 g/mol. The van der Waals surface area contributed by atoms with Gasteiger partial charge in [0.15, 0.2) is 6.61 Å². The first-order valence-corrected chi connectivity index (χ1v) is 14.8. The highest BCUT2D eigenvalue weighted by Gasteiger charge is 2.40. The van der Waals surface area contributed by atoms with Crippen LogP contribution in [0.15, 0.2) is 72.2 Å². The van der Waals surface area contributed by atoms with Gasteiger partial charge in [0.05, 0.1) is 6.61 Å². The number of nitrogens with two attached hydrogens (primary N) is 3. The Morgan fingerprint density at radius 1 is 0.889 bits per heavy atom. The molecule has 1 aliphatic heterocycles. The van der Waals surface area contributed by atoms with E-state index >= 15 is 0 Å². The molecule has 1 aliphatic rings.